The Bertz CT molecular complexity index is 340. The summed E-state index contributed by atoms with van der Waals surface area (Å²) in [4.78, 5) is 12.7. The van der Waals surface area contributed by atoms with Gasteiger partial charge in [0.1, 0.15) is 5.60 Å². The van der Waals surface area contributed by atoms with E-state index >= 15 is 0 Å². The van der Waals surface area contributed by atoms with E-state index in [1.54, 1.807) is 0 Å². The van der Waals surface area contributed by atoms with Crippen LogP contribution in [0.15, 0.2) is 12.2 Å². The van der Waals surface area contributed by atoms with E-state index in [0.29, 0.717) is 0 Å². The molecule has 0 saturated heterocycles. The number of unbranched alkanes of at least 4 members (excludes halogenated alkanes) is 2. The highest BCUT2D eigenvalue weighted by Crippen LogP contribution is 2.35. The van der Waals surface area contributed by atoms with E-state index < -0.39 is 0 Å². The van der Waals surface area contributed by atoms with Gasteiger partial charge in [-0.15, -0.1) is 0 Å². The van der Waals surface area contributed by atoms with Crippen LogP contribution in [0.4, 0.5) is 0 Å². The molecule has 0 bridgehead atoms. The normalized spacial score (nSPS) is 18.9. The van der Waals surface area contributed by atoms with Crippen LogP contribution < -0.4 is 0 Å². The Hall–Kier alpha value is -0.790. The van der Waals surface area contributed by atoms with Gasteiger partial charge in [-0.3, -0.25) is 4.79 Å². The minimum absolute atomic E-state index is 0.0770. The SMILES string of the molecule is CCC/C=C/CCCC(CCC)C(=O)OC1(CC)CCCCC1. The van der Waals surface area contributed by atoms with Gasteiger partial charge in [0.2, 0.25) is 0 Å². The molecule has 0 aromatic heterocycles. The molecular formula is C21H38O2. The smallest absolute Gasteiger partial charge is 0.309 e. The largest absolute Gasteiger partial charge is 0.459 e. The highest BCUT2D eigenvalue weighted by Gasteiger charge is 2.35. The molecule has 1 saturated carbocycles. The van der Waals surface area contributed by atoms with Gasteiger partial charge in [0.15, 0.2) is 0 Å². The predicted molar refractivity (Wildman–Crippen MR) is 98.5 cm³/mol. The van der Waals surface area contributed by atoms with Gasteiger partial charge in [-0.2, -0.15) is 0 Å². The van der Waals surface area contributed by atoms with Crippen molar-refractivity contribution in [1.29, 1.82) is 0 Å². The molecule has 134 valence electrons. The summed E-state index contributed by atoms with van der Waals surface area (Å²) in [5, 5.41) is 0. The molecule has 1 fully saturated rings. The summed E-state index contributed by atoms with van der Waals surface area (Å²) in [6.07, 6.45) is 18.9. The number of carbonyl (C=O) groups is 1. The van der Waals surface area contributed by atoms with E-state index in [2.05, 4.69) is 32.9 Å². The number of ether oxygens (including phenoxy) is 1. The summed E-state index contributed by atoms with van der Waals surface area (Å²) in [7, 11) is 0. The molecule has 0 aromatic carbocycles. The van der Waals surface area contributed by atoms with E-state index in [4.69, 9.17) is 4.74 Å². The molecule has 0 radical (unpaired) electrons. The third-order valence-corrected chi connectivity index (χ3v) is 5.24. The molecule has 0 heterocycles. The number of allylic oxidation sites excluding steroid dienone is 2. The van der Waals surface area contributed by atoms with Crippen molar-refractivity contribution in [2.24, 2.45) is 5.92 Å². The predicted octanol–water partition coefficient (Wildman–Crippen LogP) is 6.59. The van der Waals surface area contributed by atoms with Crippen molar-refractivity contribution in [3.8, 4) is 0 Å². The van der Waals surface area contributed by atoms with Crippen LogP contribution in [0.1, 0.15) is 104 Å². The second kappa shape index (κ2) is 11.7. The molecular weight excluding hydrogens is 284 g/mol. The maximum Gasteiger partial charge on any atom is 0.309 e. The first-order chi connectivity index (χ1) is 11.2. The lowest BCUT2D eigenvalue weighted by atomic mass is 9.82. The first-order valence-corrected chi connectivity index (χ1v) is 10.0. The minimum atomic E-state index is -0.150. The Kier molecular flexibility index (Phi) is 10.3. The molecule has 1 unspecified atom stereocenters. The third kappa shape index (κ3) is 7.54. The van der Waals surface area contributed by atoms with Gasteiger partial charge < -0.3 is 4.74 Å². The van der Waals surface area contributed by atoms with Crippen molar-refractivity contribution in [2.75, 3.05) is 0 Å². The van der Waals surface area contributed by atoms with Crippen LogP contribution in [0.2, 0.25) is 0 Å². The number of carbonyl (C=O) groups excluding carboxylic acids is 1. The van der Waals surface area contributed by atoms with Crippen LogP contribution in [-0.2, 0) is 9.53 Å². The van der Waals surface area contributed by atoms with E-state index in [1.165, 1.54) is 32.1 Å². The van der Waals surface area contributed by atoms with Crippen LogP contribution in [-0.4, -0.2) is 11.6 Å². The fourth-order valence-corrected chi connectivity index (χ4v) is 3.63. The maximum absolute atomic E-state index is 12.7. The summed E-state index contributed by atoms with van der Waals surface area (Å²) in [5.41, 5.74) is -0.150. The van der Waals surface area contributed by atoms with E-state index in [9.17, 15) is 4.79 Å². The molecule has 23 heavy (non-hydrogen) atoms. The van der Waals surface area contributed by atoms with E-state index in [1.807, 2.05) is 0 Å². The highest BCUT2D eigenvalue weighted by molar-refractivity contribution is 5.72. The molecule has 1 atom stereocenters. The molecule has 2 nitrogen and oxygen atoms in total. The van der Waals surface area contributed by atoms with Gasteiger partial charge in [-0.05, 0) is 64.2 Å². The molecule has 1 rings (SSSR count). The van der Waals surface area contributed by atoms with E-state index in [0.717, 1.165) is 51.4 Å². The Labute approximate surface area is 144 Å². The lowest BCUT2D eigenvalue weighted by Gasteiger charge is -2.37. The van der Waals surface area contributed by atoms with Crippen molar-refractivity contribution in [1.82, 2.24) is 0 Å². The average Bonchev–Trinajstić information content (AvgIpc) is 2.57. The zero-order chi connectivity index (χ0) is 17.0. The minimum Gasteiger partial charge on any atom is -0.459 e. The van der Waals surface area contributed by atoms with Gasteiger partial charge in [0.05, 0.1) is 5.92 Å². The van der Waals surface area contributed by atoms with Crippen LogP contribution in [0.5, 0.6) is 0 Å². The number of hydrogen-bond donors (Lipinski definition) is 0. The Morgan fingerprint density at radius 1 is 1.00 bits per heavy atom. The summed E-state index contributed by atoms with van der Waals surface area (Å²) in [6, 6.07) is 0. The quantitative estimate of drug-likeness (QED) is 0.244. The maximum atomic E-state index is 12.7. The topological polar surface area (TPSA) is 26.3 Å². The first kappa shape index (κ1) is 20.3. The third-order valence-electron chi connectivity index (χ3n) is 5.24. The molecule has 1 aliphatic carbocycles. The summed E-state index contributed by atoms with van der Waals surface area (Å²) in [6.45, 7) is 6.54. The Morgan fingerprint density at radius 3 is 2.30 bits per heavy atom. The van der Waals surface area contributed by atoms with E-state index in [-0.39, 0.29) is 17.5 Å². The van der Waals surface area contributed by atoms with Crippen LogP contribution in [0, 0.1) is 5.92 Å². The van der Waals surface area contributed by atoms with Crippen LogP contribution in [0.3, 0.4) is 0 Å². The zero-order valence-corrected chi connectivity index (χ0v) is 15.7. The summed E-state index contributed by atoms with van der Waals surface area (Å²) in [5.74, 6) is 0.179. The van der Waals surface area contributed by atoms with Crippen molar-refractivity contribution in [3.05, 3.63) is 12.2 Å². The second-order valence-electron chi connectivity index (χ2n) is 7.19. The molecule has 0 spiro atoms. The average molecular weight is 323 g/mol. The van der Waals surface area contributed by atoms with Gasteiger partial charge in [-0.25, -0.2) is 0 Å². The standard InChI is InChI=1S/C21H38O2/c1-4-7-8-9-10-12-16-19(15-5-2)20(22)23-21(6-3)17-13-11-14-18-21/h8-9,19H,4-7,10-18H2,1-3H3/b9-8+. The molecule has 0 N–H and O–H groups in total. The highest BCUT2D eigenvalue weighted by atomic mass is 16.6. The molecule has 0 amide bonds. The fraction of sp³-hybridized carbons (Fsp3) is 0.857. The molecule has 0 aromatic rings. The monoisotopic (exact) mass is 322 g/mol. The lowest BCUT2D eigenvalue weighted by molar-refractivity contribution is -0.169. The number of hydrogen-bond acceptors (Lipinski definition) is 2. The second-order valence-corrected chi connectivity index (χ2v) is 7.19. The van der Waals surface area contributed by atoms with Crippen molar-refractivity contribution in [3.63, 3.8) is 0 Å². The van der Waals surface area contributed by atoms with Crippen molar-refractivity contribution < 1.29 is 9.53 Å². The first-order valence-electron chi connectivity index (χ1n) is 10.0. The molecule has 1 aliphatic rings. The van der Waals surface area contributed by atoms with Crippen molar-refractivity contribution in [2.45, 2.75) is 110 Å². The summed E-state index contributed by atoms with van der Waals surface area (Å²) >= 11 is 0. The Morgan fingerprint density at radius 2 is 1.70 bits per heavy atom. The van der Waals surface area contributed by atoms with Crippen molar-refractivity contribution >= 4 is 5.97 Å². The van der Waals surface area contributed by atoms with Gasteiger partial charge in [0.25, 0.3) is 0 Å². The molecule has 0 aliphatic heterocycles. The Balaban J connectivity index is 2.46. The van der Waals surface area contributed by atoms with Crippen LogP contribution >= 0.6 is 0 Å². The zero-order valence-electron chi connectivity index (χ0n) is 15.7. The summed E-state index contributed by atoms with van der Waals surface area (Å²) < 4.78 is 6.08. The van der Waals surface area contributed by atoms with Gasteiger partial charge in [0, 0.05) is 0 Å². The molecule has 2 heteroatoms. The van der Waals surface area contributed by atoms with Crippen LogP contribution in [0.25, 0.3) is 0 Å². The van der Waals surface area contributed by atoms with Gasteiger partial charge >= 0.3 is 5.97 Å². The lowest BCUT2D eigenvalue weighted by Crippen LogP contribution is -2.38. The fourth-order valence-electron chi connectivity index (χ4n) is 3.63. The van der Waals surface area contributed by atoms with Gasteiger partial charge in [-0.1, -0.05) is 52.2 Å². The number of rotatable bonds is 11. The number of esters is 1.